The Labute approximate surface area is 333 Å². The molecule has 3 heteroatoms. The van der Waals surface area contributed by atoms with Crippen molar-refractivity contribution in [2.45, 2.75) is 258 Å². The van der Waals surface area contributed by atoms with Crippen molar-refractivity contribution < 1.29 is 14.2 Å². The highest BCUT2D eigenvalue weighted by atomic mass is 16.6. The van der Waals surface area contributed by atoms with Crippen molar-refractivity contribution in [3.63, 3.8) is 0 Å². The molecule has 0 heterocycles. The first kappa shape index (κ1) is 50.1. The Morgan fingerprint density at radius 1 is 0.340 bits per heavy atom. The molecule has 1 rings (SSSR count). The van der Waals surface area contributed by atoms with Crippen LogP contribution in [0.5, 0.6) is 0 Å². The van der Waals surface area contributed by atoms with Gasteiger partial charge in [-0.1, -0.05) is 262 Å². The normalized spacial score (nSPS) is 12.2. The van der Waals surface area contributed by atoms with E-state index in [4.69, 9.17) is 14.2 Å². The van der Waals surface area contributed by atoms with E-state index in [0.29, 0.717) is 19.8 Å². The van der Waals surface area contributed by atoms with E-state index in [-0.39, 0.29) is 6.10 Å². The molecule has 1 aromatic carbocycles. The van der Waals surface area contributed by atoms with E-state index in [9.17, 15) is 0 Å². The van der Waals surface area contributed by atoms with Crippen molar-refractivity contribution in [1.82, 2.24) is 0 Å². The lowest BCUT2D eigenvalue weighted by Crippen LogP contribution is -2.26. The first-order valence-corrected chi connectivity index (χ1v) is 24.2. The molecule has 0 saturated heterocycles. The van der Waals surface area contributed by atoms with Gasteiger partial charge in [-0.3, -0.25) is 0 Å². The summed E-state index contributed by atoms with van der Waals surface area (Å²) in [6, 6.07) is 10.5. The smallest absolute Gasteiger partial charge is 0.104 e. The number of ether oxygens (including phenoxy) is 3. The Morgan fingerprint density at radius 3 is 1.00 bits per heavy atom. The van der Waals surface area contributed by atoms with Gasteiger partial charge < -0.3 is 14.2 Å². The minimum absolute atomic E-state index is 0.0278. The second-order valence-electron chi connectivity index (χ2n) is 16.6. The van der Waals surface area contributed by atoms with Gasteiger partial charge in [0.15, 0.2) is 0 Å². The van der Waals surface area contributed by atoms with Crippen LogP contribution in [0.25, 0.3) is 0 Å². The number of benzene rings is 1. The number of hydrogen-bond acceptors (Lipinski definition) is 3. The highest BCUT2D eigenvalue weighted by Crippen LogP contribution is 2.16. The van der Waals surface area contributed by atoms with Crippen molar-refractivity contribution in [2.24, 2.45) is 0 Å². The molecule has 53 heavy (non-hydrogen) atoms. The Hall–Kier alpha value is -0.900. The number of hydrogen-bond donors (Lipinski definition) is 0. The number of rotatable bonds is 45. The molecule has 1 atom stereocenters. The zero-order valence-electron chi connectivity index (χ0n) is 36.2. The summed E-state index contributed by atoms with van der Waals surface area (Å²) in [6.45, 7) is 8.16. The largest absolute Gasteiger partial charge is 0.379 e. The molecule has 0 fully saturated rings. The van der Waals surface area contributed by atoms with Crippen molar-refractivity contribution in [3.05, 3.63) is 35.9 Å². The highest BCUT2D eigenvalue weighted by molar-refractivity contribution is 5.13. The molecule has 0 N–H and O–H groups in total. The fourth-order valence-corrected chi connectivity index (χ4v) is 7.60. The van der Waals surface area contributed by atoms with E-state index in [0.717, 1.165) is 26.1 Å². The standard InChI is InChI=1S/C50H94O3/c1-3-5-7-9-11-13-15-17-19-21-23-25-27-29-31-33-35-40-44-51-47-50(48-52-46-49-42-38-37-39-43-49)53-45-41-36-34-32-30-28-26-24-22-20-18-16-14-12-10-8-6-4-2/h37-39,42-43,50H,3-36,40-41,44-48H2,1-2H3/t50-/m1/s1. The van der Waals surface area contributed by atoms with Crippen LogP contribution in [-0.4, -0.2) is 32.5 Å². The van der Waals surface area contributed by atoms with E-state index < -0.39 is 0 Å². The maximum absolute atomic E-state index is 6.30. The molecule has 312 valence electrons. The average Bonchev–Trinajstić information content (AvgIpc) is 3.18. The predicted octanol–water partition coefficient (Wildman–Crippen LogP) is 16.7. The molecular weight excluding hydrogens is 649 g/mol. The lowest BCUT2D eigenvalue weighted by Gasteiger charge is -2.18. The molecule has 0 spiro atoms. The fraction of sp³-hybridized carbons (Fsp3) is 0.880. The molecule has 0 unspecified atom stereocenters. The average molecular weight is 743 g/mol. The molecular formula is C50H94O3. The maximum atomic E-state index is 6.30. The highest BCUT2D eigenvalue weighted by Gasteiger charge is 2.10. The van der Waals surface area contributed by atoms with Crippen LogP contribution < -0.4 is 0 Å². The topological polar surface area (TPSA) is 27.7 Å². The second kappa shape index (κ2) is 43.8. The molecule has 0 amide bonds. The fourth-order valence-electron chi connectivity index (χ4n) is 7.60. The summed E-state index contributed by atoms with van der Waals surface area (Å²) < 4.78 is 18.5. The summed E-state index contributed by atoms with van der Waals surface area (Å²) >= 11 is 0. The Kier molecular flexibility index (Phi) is 41.4. The summed E-state index contributed by atoms with van der Waals surface area (Å²) in [7, 11) is 0. The second-order valence-corrected chi connectivity index (χ2v) is 16.6. The van der Waals surface area contributed by atoms with Crippen LogP contribution in [0.2, 0.25) is 0 Å². The van der Waals surface area contributed by atoms with Crippen LogP contribution in [0, 0.1) is 0 Å². The summed E-state index contributed by atoms with van der Waals surface area (Å²) in [5.41, 5.74) is 1.22. The van der Waals surface area contributed by atoms with Crippen LogP contribution in [0.4, 0.5) is 0 Å². The van der Waals surface area contributed by atoms with Crippen LogP contribution in [0.3, 0.4) is 0 Å². The van der Waals surface area contributed by atoms with Gasteiger partial charge in [-0.05, 0) is 18.4 Å². The van der Waals surface area contributed by atoms with Gasteiger partial charge in [0.25, 0.3) is 0 Å². The van der Waals surface area contributed by atoms with Crippen molar-refractivity contribution in [2.75, 3.05) is 26.4 Å². The van der Waals surface area contributed by atoms with Gasteiger partial charge in [0.05, 0.1) is 19.8 Å². The van der Waals surface area contributed by atoms with Crippen LogP contribution in [-0.2, 0) is 20.8 Å². The molecule has 0 aliphatic rings. The molecule has 0 aliphatic carbocycles. The molecule has 0 aromatic heterocycles. The van der Waals surface area contributed by atoms with E-state index in [1.165, 1.54) is 224 Å². The first-order chi connectivity index (χ1) is 26.4. The van der Waals surface area contributed by atoms with Gasteiger partial charge in [-0.2, -0.15) is 0 Å². The third kappa shape index (κ3) is 39.1. The Balaban J connectivity index is 1.97. The van der Waals surface area contributed by atoms with Gasteiger partial charge in [-0.15, -0.1) is 0 Å². The van der Waals surface area contributed by atoms with Gasteiger partial charge >= 0.3 is 0 Å². The minimum Gasteiger partial charge on any atom is -0.379 e. The van der Waals surface area contributed by atoms with E-state index in [1.54, 1.807) is 0 Å². The van der Waals surface area contributed by atoms with E-state index >= 15 is 0 Å². The van der Waals surface area contributed by atoms with Crippen molar-refractivity contribution >= 4 is 0 Å². The zero-order chi connectivity index (χ0) is 37.8. The van der Waals surface area contributed by atoms with Gasteiger partial charge in [0.1, 0.15) is 6.10 Å². The summed E-state index contributed by atoms with van der Waals surface area (Å²) in [5, 5.41) is 0. The third-order valence-electron chi connectivity index (χ3n) is 11.2. The minimum atomic E-state index is 0.0278. The molecule has 0 bridgehead atoms. The summed E-state index contributed by atoms with van der Waals surface area (Å²) in [4.78, 5) is 0. The van der Waals surface area contributed by atoms with Crippen LogP contribution in [0.1, 0.15) is 251 Å². The molecule has 0 aliphatic heterocycles. The zero-order valence-corrected chi connectivity index (χ0v) is 36.2. The summed E-state index contributed by atoms with van der Waals surface area (Å²) in [6.07, 6.45) is 50.7. The number of unbranched alkanes of at least 4 members (excludes halogenated alkanes) is 34. The lowest BCUT2D eigenvalue weighted by molar-refractivity contribution is -0.0645. The molecule has 1 aromatic rings. The molecule has 0 saturated carbocycles. The van der Waals surface area contributed by atoms with Gasteiger partial charge in [-0.25, -0.2) is 0 Å². The van der Waals surface area contributed by atoms with Crippen LogP contribution in [0.15, 0.2) is 30.3 Å². The lowest BCUT2D eigenvalue weighted by atomic mass is 10.0. The summed E-state index contributed by atoms with van der Waals surface area (Å²) in [5.74, 6) is 0. The van der Waals surface area contributed by atoms with Crippen molar-refractivity contribution in [1.29, 1.82) is 0 Å². The Bertz CT molecular complexity index is 782. The third-order valence-corrected chi connectivity index (χ3v) is 11.2. The van der Waals surface area contributed by atoms with Crippen LogP contribution >= 0.6 is 0 Å². The van der Waals surface area contributed by atoms with Gasteiger partial charge in [0, 0.05) is 13.2 Å². The van der Waals surface area contributed by atoms with E-state index in [2.05, 4.69) is 44.2 Å². The molecule has 3 nitrogen and oxygen atoms in total. The predicted molar refractivity (Wildman–Crippen MR) is 234 cm³/mol. The molecule has 0 radical (unpaired) electrons. The van der Waals surface area contributed by atoms with Gasteiger partial charge in [0.2, 0.25) is 0 Å². The van der Waals surface area contributed by atoms with E-state index in [1.807, 2.05) is 0 Å². The maximum Gasteiger partial charge on any atom is 0.104 e. The quantitative estimate of drug-likeness (QED) is 0.0623. The first-order valence-electron chi connectivity index (χ1n) is 24.2. The monoisotopic (exact) mass is 743 g/mol. The SMILES string of the molecule is CCCCCCCCCCCCCCCCCCCCOC[C@H](COCc1ccccc1)OCCCCCCCCCCCCCCCCCCCC. The van der Waals surface area contributed by atoms with Crippen molar-refractivity contribution in [3.8, 4) is 0 Å². The Morgan fingerprint density at radius 2 is 0.642 bits per heavy atom.